The van der Waals surface area contributed by atoms with Gasteiger partial charge in [-0.25, -0.2) is 4.39 Å². The Morgan fingerprint density at radius 1 is 1.17 bits per heavy atom. The first-order valence-electron chi connectivity index (χ1n) is 6.90. The first-order chi connectivity index (χ1) is 8.78. The van der Waals surface area contributed by atoms with Crippen molar-refractivity contribution >= 4 is 17.3 Å². The Bertz CT molecular complexity index is 435. The molecule has 0 amide bonds. The van der Waals surface area contributed by atoms with Crippen LogP contribution in [-0.2, 0) is 5.88 Å². The van der Waals surface area contributed by atoms with Crippen molar-refractivity contribution in [2.75, 3.05) is 11.4 Å². The number of benzene rings is 1. The lowest BCUT2D eigenvalue weighted by Gasteiger charge is -2.39. The van der Waals surface area contributed by atoms with Gasteiger partial charge in [0.05, 0.1) is 0 Å². The highest BCUT2D eigenvalue weighted by Gasteiger charge is 2.35. The largest absolute Gasteiger partial charge is 0.368 e. The van der Waals surface area contributed by atoms with E-state index in [9.17, 15) is 4.39 Å². The fourth-order valence-electron chi connectivity index (χ4n) is 3.65. The summed E-state index contributed by atoms with van der Waals surface area (Å²) in [6.07, 6.45) is 6.51. The van der Waals surface area contributed by atoms with Gasteiger partial charge in [0, 0.05) is 24.2 Å². The molecule has 2 atom stereocenters. The molecule has 18 heavy (non-hydrogen) atoms. The molecule has 0 bridgehead atoms. The van der Waals surface area contributed by atoms with Gasteiger partial charge >= 0.3 is 0 Å². The molecule has 2 unspecified atom stereocenters. The number of piperidine rings is 1. The number of halogens is 2. The lowest BCUT2D eigenvalue weighted by Crippen LogP contribution is -2.42. The second-order valence-corrected chi connectivity index (χ2v) is 5.81. The van der Waals surface area contributed by atoms with Crippen LogP contribution in [-0.4, -0.2) is 12.6 Å². The van der Waals surface area contributed by atoms with E-state index in [4.69, 9.17) is 11.6 Å². The van der Waals surface area contributed by atoms with Crippen molar-refractivity contribution in [3.63, 3.8) is 0 Å². The smallest absolute Gasteiger partial charge is 0.125 e. The third-order valence-corrected chi connectivity index (χ3v) is 4.73. The minimum absolute atomic E-state index is 0.164. The molecule has 1 saturated heterocycles. The Balaban J connectivity index is 1.90. The van der Waals surface area contributed by atoms with Crippen LogP contribution in [0, 0.1) is 11.7 Å². The van der Waals surface area contributed by atoms with E-state index in [0.29, 0.717) is 11.9 Å². The van der Waals surface area contributed by atoms with Gasteiger partial charge in [0.1, 0.15) is 5.82 Å². The van der Waals surface area contributed by atoms with Gasteiger partial charge in [-0.05, 0) is 55.4 Å². The van der Waals surface area contributed by atoms with Crippen molar-refractivity contribution in [1.82, 2.24) is 0 Å². The number of nitrogens with zero attached hydrogens (tertiary/aromatic N) is 1. The second kappa shape index (κ2) is 5.08. The molecule has 1 heterocycles. The van der Waals surface area contributed by atoms with E-state index < -0.39 is 0 Å². The van der Waals surface area contributed by atoms with Crippen molar-refractivity contribution in [3.8, 4) is 0 Å². The maximum absolute atomic E-state index is 13.6. The maximum atomic E-state index is 13.6. The summed E-state index contributed by atoms with van der Waals surface area (Å²) in [5.74, 6) is 1.04. The van der Waals surface area contributed by atoms with E-state index in [-0.39, 0.29) is 5.82 Å². The molecule has 1 saturated carbocycles. The molecule has 1 aliphatic heterocycles. The van der Waals surface area contributed by atoms with Crippen molar-refractivity contribution in [2.24, 2.45) is 5.92 Å². The summed E-state index contributed by atoms with van der Waals surface area (Å²) in [6.45, 7) is 1.06. The highest BCUT2D eigenvalue weighted by molar-refractivity contribution is 6.17. The van der Waals surface area contributed by atoms with Gasteiger partial charge in [0.15, 0.2) is 0 Å². The maximum Gasteiger partial charge on any atom is 0.125 e. The van der Waals surface area contributed by atoms with E-state index in [0.717, 1.165) is 23.7 Å². The molecule has 1 nitrogen and oxygen atoms in total. The van der Waals surface area contributed by atoms with Crippen molar-refractivity contribution < 1.29 is 4.39 Å². The zero-order valence-electron chi connectivity index (χ0n) is 10.5. The van der Waals surface area contributed by atoms with Gasteiger partial charge in [0.2, 0.25) is 0 Å². The summed E-state index contributed by atoms with van der Waals surface area (Å²) in [5.41, 5.74) is 1.91. The molecule has 3 rings (SSSR count). The summed E-state index contributed by atoms with van der Waals surface area (Å²) < 4.78 is 13.6. The number of anilines is 1. The number of hydrogen-bond donors (Lipinski definition) is 0. The SMILES string of the molecule is Fc1cc(CCl)cc(N2CCCC3CCCC32)c1. The summed E-state index contributed by atoms with van der Waals surface area (Å²) in [7, 11) is 0. The quantitative estimate of drug-likeness (QED) is 0.721. The molecule has 0 N–H and O–H groups in total. The average Bonchev–Trinajstić information content (AvgIpc) is 2.85. The molecule has 2 fully saturated rings. The first kappa shape index (κ1) is 12.3. The van der Waals surface area contributed by atoms with Crippen LogP contribution in [0.5, 0.6) is 0 Å². The standard InChI is InChI=1S/C15H19ClFN/c16-10-11-7-13(17)9-14(8-11)18-6-2-4-12-3-1-5-15(12)18/h7-9,12,15H,1-6,10H2. The van der Waals surface area contributed by atoms with E-state index >= 15 is 0 Å². The van der Waals surface area contributed by atoms with Crippen molar-refractivity contribution in [2.45, 2.75) is 44.0 Å². The van der Waals surface area contributed by atoms with Crippen LogP contribution in [0.15, 0.2) is 18.2 Å². The van der Waals surface area contributed by atoms with Gasteiger partial charge in [0.25, 0.3) is 0 Å². The topological polar surface area (TPSA) is 3.24 Å². The minimum Gasteiger partial charge on any atom is -0.368 e. The Morgan fingerprint density at radius 3 is 2.83 bits per heavy atom. The van der Waals surface area contributed by atoms with Crippen LogP contribution in [0.1, 0.15) is 37.7 Å². The second-order valence-electron chi connectivity index (χ2n) is 5.55. The molecule has 1 aromatic rings. The highest BCUT2D eigenvalue weighted by atomic mass is 35.5. The number of alkyl halides is 1. The third kappa shape index (κ3) is 2.23. The highest BCUT2D eigenvalue weighted by Crippen LogP contribution is 2.39. The Kier molecular flexibility index (Phi) is 3.47. The summed E-state index contributed by atoms with van der Waals surface area (Å²) in [6, 6.07) is 5.88. The Morgan fingerprint density at radius 2 is 2.00 bits per heavy atom. The summed E-state index contributed by atoms with van der Waals surface area (Å²) in [4.78, 5) is 2.42. The van der Waals surface area contributed by atoms with E-state index in [1.165, 1.54) is 38.2 Å². The van der Waals surface area contributed by atoms with Crippen molar-refractivity contribution in [3.05, 3.63) is 29.6 Å². The van der Waals surface area contributed by atoms with Gasteiger partial charge in [-0.15, -0.1) is 11.6 Å². The van der Waals surface area contributed by atoms with Crippen LogP contribution in [0.4, 0.5) is 10.1 Å². The Hall–Kier alpha value is -0.760. The molecule has 0 radical (unpaired) electrons. The fraction of sp³-hybridized carbons (Fsp3) is 0.600. The molecule has 98 valence electrons. The lowest BCUT2D eigenvalue weighted by atomic mass is 9.91. The summed E-state index contributed by atoms with van der Waals surface area (Å²) in [5, 5.41) is 0. The molecule has 0 spiro atoms. The predicted molar refractivity (Wildman–Crippen MR) is 73.7 cm³/mol. The van der Waals surface area contributed by atoms with Crippen LogP contribution < -0.4 is 4.90 Å². The molecule has 3 heteroatoms. The molecule has 0 aromatic heterocycles. The molecule has 2 aliphatic rings. The molecule has 1 aromatic carbocycles. The normalized spacial score (nSPS) is 27.3. The third-order valence-electron chi connectivity index (χ3n) is 4.42. The van der Waals surface area contributed by atoms with Crippen molar-refractivity contribution in [1.29, 1.82) is 0 Å². The van der Waals surface area contributed by atoms with Crippen LogP contribution in [0.3, 0.4) is 0 Å². The number of rotatable bonds is 2. The first-order valence-corrected chi connectivity index (χ1v) is 7.43. The van der Waals surface area contributed by atoms with Crippen LogP contribution >= 0.6 is 11.6 Å². The Labute approximate surface area is 113 Å². The lowest BCUT2D eigenvalue weighted by molar-refractivity contribution is 0.362. The van der Waals surface area contributed by atoms with Gasteiger partial charge in [-0.2, -0.15) is 0 Å². The average molecular weight is 268 g/mol. The minimum atomic E-state index is -0.164. The van der Waals surface area contributed by atoms with Crippen LogP contribution in [0.25, 0.3) is 0 Å². The molecular weight excluding hydrogens is 249 g/mol. The van der Waals surface area contributed by atoms with E-state index in [2.05, 4.69) is 11.0 Å². The van der Waals surface area contributed by atoms with E-state index in [1.54, 1.807) is 6.07 Å². The van der Waals surface area contributed by atoms with E-state index in [1.807, 2.05) is 0 Å². The number of fused-ring (bicyclic) bond motifs is 1. The number of hydrogen-bond acceptors (Lipinski definition) is 1. The van der Waals surface area contributed by atoms with Gasteiger partial charge in [-0.3, -0.25) is 0 Å². The zero-order chi connectivity index (χ0) is 12.5. The monoisotopic (exact) mass is 267 g/mol. The molecular formula is C15H19ClFN. The molecule has 1 aliphatic carbocycles. The van der Waals surface area contributed by atoms with Gasteiger partial charge < -0.3 is 4.90 Å². The summed E-state index contributed by atoms with van der Waals surface area (Å²) >= 11 is 5.84. The predicted octanol–water partition coefficient (Wildman–Crippen LogP) is 4.33. The van der Waals surface area contributed by atoms with Crippen LogP contribution in [0.2, 0.25) is 0 Å². The van der Waals surface area contributed by atoms with Gasteiger partial charge in [-0.1, -0.05) is 6.42 Å². The fourth-order valence-corrected chi connectivity index (χ4v) is 3.81. The zero-order valence-corrected chi connectivity index (χ0v) is 11.3.